The quantitative estimate of drug-likeness (QED) is 0.410. The maximum atomic E-state index is 11.1. The number of allylic oxidation sites excluding steroid dienone is 3. The van der Waals surface area contributed by atoms with Gasteiger partial charge in [-0.2, -0.15) is 0 Å². The summed E-state index contributed by atoms with van der Waals surface area (Å²) in [6.07, 6.45) is 4.98. The van der Waals surface area contributed by atoms with E-state index < -0.39 is 5.92 Å². The summed E-state index contributed by atoms with van der Waals surface area (Å²) in [5.41, 5.74) is 0.465. The van der Waals surface area contributed by atoms with E-state index in [0.717, 1.165) is 0 Å². The van der Waals surface area contributed by atoms with Crippen LogP contribution >= 0.6 is 35.4 Å². The van der Waals surface area contributed by atoms with E-state index in [-0.39, 0.29) is 17.2 Å². The van der Waals surface area contributed by atoms with Gasteiger partial charge in [-0.1, -0.05) is 24.4 Å². The fourth-order valence-electron chi connectivity index (χ4n) is 1.33. The van der Waals surface area contributed by atoms with Crippen LogP contribution in [0, 0.1) is 5.92 Å². The third kappa shape index (κ3) is 2.65. The molecule has 0 aromatic rings. The summed E-state index contributed by atoms with van der Waals surface area (Å²) >= 11 is 14.5. The molecule has 0 bridgehead atoms. The van der Waals surface area contributed by atoms with Crippen LogP contribution in [0.1, 0.15) is 0 Å². The number of hydrogen-bond donors (Lipinski definition) is 1. The van der Waals surface area contributed by atoms with Crippen LogP contribution in [0.2, 0.25) is 0 Å². The molecule has 0 aromatic heterocycles. The van der Waals surface area contributed by atoms with Crippen LogP contribution in [0.5, 0.6) is 0 Å². The van der Waals surface area contributed by atoms with Gasteiger partial charge in [-0.3, -0.25) is 14.9 Å². The molecule has 0 spiro atoms. The van der Waals surface area contributed by atoms with E-state index in [4.69, 9.17) is 35.4 Å². The summed E-state index contributed by atoms with van der Waals surface area (Å²) in [4.78, 5) is 22.7. The zero-order chi connectivity index (χ0) is 11.4. The number of halogens is 2. The van der Waals surface area contributed by atoms with Crippen molar-refractivity contribution < 1.29 is 9.59 Å². The Morgan fingerprint density at radius 1 is 1.40 bits per heavy atom. The molecule has 15 heavy (non-hydrogen) atoms. The lowest BCUT2D eigenvalue weighted by Gasteiger charge is -2.08. The highest BCUT2D eigenvalue weighted by atomic mass is 35.5. The third-order valence-electron chi connectivity index (χ3n) is 1.89. The Morgan fingerprint density at radius 2 is 2.00 bits per heavy atom. The first kappa shape index (κ1) is 12.4. The molecule has 1 aliphatic heterocycles. The first-order valence-corrected chi connectivity index (χ1v) is 5.48. The van der Waals surface area contributed by atoms with Gasteiger partial charge in [-0.05, 0) is 6.08 Å². The SMILES string of the molecule is ClCCl.O=C1NC(=O)C2C(=S)C=CC=C12. The number of alkyl halides is 2. The van der Waals surface area contributed by atoms with Gasteiger partial charge in [0, 0.05) is 10.4 Å². The van der Waals surface area contributed by atoms with Crippen LogP contribution in [-0.2, 0) is 9.59 Å². The van der Waals surface area contributed by atoms with Gasteiger partial charge < -0.3 is 0 Å². The lowest BCUT2D eigenvalue weighted by molar-refractivity contribution is -0.124. The van der Waals surface area contributed by atoms with E-state index in [1.807, 2.05) is 0 Å². The van der Waals surface area contributed by atoms with E-state index in [1.54, 1.807) is 18.2 Å². The highest BCUT2D eigenvalue weighted by Gasteiger charge is 2.38. The molecule has 0 aromatic carbocycles. The maximum Gasteiger partial charge on any atom is 0.254 e. The van der Waals surface area contributed by atoms with E-state index >= 15 is 0 Å². The second kappa shape index (κ2) is 5.39. The number of carbonyl (C=O) groups excluding carboxylic acids is 2. The molecule has 1 fully saturated rings. The van der Waals surface area contributed by atoms with E-state index in [0.29, 0.717) is 10.4 Å². The first-order valence-electron chi connectivity index (χ1n) is 4.01. The number of imide groups is 1. The van der Waals surface area contributed by atoms with E-state index in [9.17, 15) is 9.59 Å². The molecule has 2 rings (SSSR count). The van der Waals surface area contributed by atoms with Gasteiger partial charge in [0.25, 0.3) is 5.91 Å². The largest absolute Gasteiger partial charge is 0.292 e. The molecule has 1 unspecified atom stereocenters. The minimum atomic E-state index is -0.516. The highest BCUT2D eigenvalue weighted by Crippen LogP contribution is 2.23. The Kier molecular flexibility index (Phi) is 4.45. The van der Waals surface area contributed by atoms with Crippen molar-refractivity contribution in [1.29, 1.82) is 0 Å². The van der Waals surface area contributed by atoms with Crippen LogP contribution in [0.25, 0.3) is 0 Å². The van der Waals surface area contributed by atoms with Crippen molar-refractivity contribution >= 4 is 52.1 Å². The second-order valence-electron chi connectivity index (χ2n) is 2.74. The highest BCUT2D eigenvalue weighted by molar-refractivity contribution is 7.80. The number of thiocarbonyl (C=S) groups is 1. The maximum absolute atomic E-state index is 11.1. The molecular weight excluding hydrogens is 257 g/mol. The molecule has 80 valence electrons. The Balaban J connectivity index is 0.000000337. The van der Waals surface area contributed by atoms with E-state index in [2.05, 4.69) is 5.32 Å². The Morgan fingerprint density at radius 3 is 2.53 bits per heavy atom. The summed E-state index contributed by atoms with van der Waals surface area (Å²) in [5.74, 6) is -1.14. The average molecular weight is 264 g/mol. The third-order valence-corrected chi connectivity index (χ3v) is 2.26. The lowest BCUT2D eigenvalue weighted by Crippen LogP contribution is -2.25. The van der Waals surface area contributed by atoms with Gasteiger partial charge in [0.05, 0.1) is 5.34 Å². The van der Waals surface area contributed by atoms with Crippen molar-refractivity contribution in [2.75, 3.05) is 5.34 Å². The fourth-order valence-corrected chi connectivity index (χ4v) is 1.64. The minimum absolute atomic E-state index is 0.194. The van der Waals surface area contributed by atoms with Crippen LogP contribution in [-0.4, -0.2) is 22.0 Å². The van der Waals surface area contributed by atoms with Crippen molar-refractivity contribution in [3.63, 3.8) is 0 Å². The van der Waals surface area contributed by atoms with Crippen molar-refractivity contribution in [1.82, 2.24) is 5.32 Å². The zero-order valence-corrected chi connectivity index (χ0v) is 9.83. The molecule has 1 aliphatic carbocycles. The summed E-state index contributed by atoms with van der Waals surface area (Å²) in [7, 11) is 0. The van der Waals surface area contributed by atoms with Crippen LogP contribution < -0.4 is 5.32 Å². The van der Waals surface area contributed by atoms with Gasteiger partial charge in [0.15, 0.2) is 0 Å². The normalized spacial score (nSPS) is 22.7. The topological polar surface area (TPSA) is 46.2 Å². The number of rotatable bonds is 0. The predicted molar refractivity (Wildman–Crippen MR) is 63.0 cm³/mol. The molecule has 3 nitrogen and oxygen atoms in total. The molecule has 1 heterocycles. The molecule has 2 aliphatic rings. The summed E-state index contributed by atoms with van der Waals surface area (Å²) in [6.45, 7) is 0. The standard InChI is InChI=1S/C8H5NO2S.CH2Cl2/c10-7-4-2-1-3-5(12)6(4)8(11)9-7;2-1-3/h1-3,6H,(H,9,10,11);1H2. The number of nitrogens with one attached hydrogen (secondary N) is 1. The molecule has 0 saturated carbocycles. The van der Waals surface area contributed by atoms with Crippen LogP contribution in [0.4, 0.5) is 0 Å². The monoisotopic (exact) mass is 263 g/mol. The van der Waals surface area contributed by atoms with Crippen LogP contribution in [0.3, 0.4) is 0 Å². The van der Waals surface area contributed by atoms with Crippen molar-refractivity contribution in [2.24, 2.45) is 5.92 Å². The summed E-state index contributed by atoms with van der Waals surface area (Å²) in [5, 5.41) is 2.41. The fraction of sp³-hybridized carbons (Fsp3) is 0.222. The van der Waals surface area contributed by atoms with Crippen molar-refractivity contribution in [3.05, 3.63) is 23.8 Å². The molecule has 1 N–H and O–H groups in total. The van der Waals surface area contributed by atoms with Crippen molar-refractivity contribution in [3.8, 4) is 0 Å². The molecule has 0 radical (unpaired) electrons. The molecule has 2 amide bonds. The van der Waals surface area contributed by atoms with Gasteiger partial charge >= 0.3 is 0 Å². The Bertz CT molecular complexity index is 374. The molecule has 1 saturated heterocycles. The van der Waals surface area contributed by atoms with Gasteiger partial charge in [0.1, 0.15) is 5.92 Å². The Labute approximate surface area is 102 Å². The second-order valence-corrected chi connectivity index (χ2v) is 4.02. The Hall–Kier alpha value is -0.710. The lowest BCUT2D eigenvalue weighted by atomic mass is 9.94. The van der Waals surface area contributed by atoms with Crippen molar-refractivity contribution in [2.45, 2.75) is 0 Å². The number of carbonyl (C=O) groups is 2. The average Bonchev–Trinajstić information content (AvgIpc) is 2.45. The van der Waals surface area contributed by atoms with Crippen LogP contribution in [0.15, 0.2) is 23.8 Å². The minimum Gasteiger partial charge on any atom is -0.292 e. The van der Waals surface area contributed by atoms with Gasteiger partial charge in [-0.25, -0.2) is 0 Å². The predicted octanol–water partition coefficient (Wildman–Crippen LogP) is 1.55. The smallest absolute Gasteiger partial charge is 0.254 e. The number of amides is 2. The summed E-state index contributed by atoms with van der Waals surface area (Å²) in [6, 6.07) is 0. The first-order chi connectivity index (χ1) is 7.11. The zero-order valence-electron chi connectivity index (χ0n) is 7.50. The van der Waals surface area contributed by atoms with Gasteiger partial charge in [-0.15, -0.1) is 23.2 Å². The molecular formula is C9H7Cl2NO2S. The number of fused-ring (bicyclic) bond motifs is 1. The van der Waals surface area contributed by atoms with E-state index in [1.165, 1.54) is 0 Å². The summed E-state index contributed by atoms with van der Waals surface area (Å²) < 4.78 is 0. The molecule has 6 heteroatoms. The molecule has 1 atom stereocenters. The number of hydrogen-bond acceptors (Lipinski definition) is 3. The van der Waals surface area contributed by atoms with Gasteiger partial charge in [0.2, 0.25) is 5.91 Å².